The van der Waals surface area contributed by atoms with Gasteiger partial charge in [0.1, 0.15) is 11.4 Å². The standard InChI is InChI=1S/C13H12ClN3O2/c1-6-11(8-3-4-10(18)9(14)5-8)17-12(13(15)19)7(2)16-6/h3-5,18H,1-2H3,(H2,15,19). The largest absolute Gasteiger partial charge is 0.506 e. The summed E-state index contributed by atoms with van der Waals surface area (Å²) >= 11 is 5.86. The lowest BCUT2D eigenvalue weighted by Crippen LogP contribution is -2.17. The van der Waals surface area contributed by atoms with Crippen molar-refractivity contribution in [3.05, 3.63) is 40.3 Å². The van der Waals surface area contributed by atoms with Gasteiger partial charge in [0.25, 0.3) is 5.91 Å². The van der Waals surface area contributed by atoms with Crippen molar-refractivity contribution in [2.24, 2.45) is 5.73 Å². The number of nitrogens with zero attached hydrogens (tertiary/aromatic N) is 2. The minimum Gasteiger partial charge on any atom is -0.506 e. The van der Waals surface area contributed by atoms with Crippen LogP contribution in [0.1, 0.15) is 21.9 Å². The Morgan fingerprint density at radius 2 is 1.95 bits per heavy atom. The van der Waals surface area contributed by atoms with Crippen LogP contribution in [0.15, 0.2) is 18.2 Å². The van der Waals surface area contributed by atoms with Crippen molar-refractivity contribution in [1.82, 2.24) is 9.97 Å². The summed E-state index contributed by atoms with van der Waals surface area (Å²) in [6.45, 7) is 3.45. The zero-order valence-corrected chi connectivity index (χ0v) is 11.2. The van der Waals surface area contributed by atoms with Crippen LogP contribution in [0.25, 0.3) is 11.3 Å². The number of carbonyl (C=O) groups excluding carboxylic acids is 1. The fourth-order valence-electron chi connectivity index (χ4n) is 1.79. The van der Waals surface area contributed by atoms with E-state index >= 15 is 0 Å². The van der Waals surface area contributed by atoms with Gasteiger partial charge in [-0.25, -0.2) is 4.98 Å². The molecule has 0 fully saturated rings. The molecule has 0 aliphatic rings. The molecule has 0 spiro atoms. The van der Waals surface area contributed by atoms with Gasteiger partial charge >= 0.3 is 0 Å². The minimum atomic E-state index is -0.629. The van der Waals surface area contributed by atoms with E-state index in [9.17, 15) is 9.90 Å². The molecule has 0 aliphatic carbocycles. The Kier molecular flexibility index (Phi) is 3.40. The molecular weight excluding hydrogens is 266 g/mol. The molecule has 0 saturated heterocycles. The molecule has 1 heterocycles. The van der Waals surface area contributed by atoms with Gasteiger partial charge in [0.2, 0.25) is 0 Å². The van der Waals surface area contributed by atoms with Gasteiger partial charge < -0.3 is 10.8 Å². The Morgan fingerprint density at radius 3 is 2.53 bits per heavy atom. The van der Waals surface area contributed by atoms with Crippen LogP contribution in [0.3, 0.4) is 0 Å². The molecular formula is C13H12ClN3O2. The molecule has 3 N–H and O–H groups in total. The fourth-order valence-corrected chi connectivity index (χ4v) is 1.97. The molecule has 1 aromatic heterocycles. The quantitative estimate of drug-likeness (QED) is 0.881. The fraction of sp³-hybridized carbons (Fsp3) is 0.154. The monoisotopic (exact) mass is 277 g/mol. The number of hydrogen-bond acceptors (Lipinski definition) is 4. The number of halogens is 1. The van der Waals surface area contributed by atoms with Gasteiger partial charge in [0.15, 0.2) is 0 Å². The molecule has 1 aromatic carbocycles. The van der Waals surface area contributed by atoms with Gasteiger partial charge in [-0.2, -0.15) is 0 Å². The SMILES string of the molecule is Cc1nc(C)c(-c2ccc(O)c(Cl)c2)nc1C(N)=O. The van der Waals surface area contributed by atoms with Crippen LogP contribution >= 0.6 is 11.6 Å². The number of primary amides is 1. The lowest BCUT2D eigenvalue weighted by Gasteiger charge is -2.09. The predicted molar refractivity (Wildman–Crippen MR) is 72.1 cm³/mol. The first-order chi connectivity index (χ1) is 8.90. The maximum absolute atomic E-state index is 11.3. The molecule has 2 aromatic rings. The smallest absolute Gasteiger partial charge is 0.269 e. The van der Waals surface area contributed by atoms with Crippen LogP contribution in [-0.2, 0) is 0 Å². The van der Waals surface area contributed by atoms with E-state index in [1.165, 1.54) is 6.07 Å². The second-order valence-corrected chi connectivity index (χ2v) is 4.53. The number of aromatic hydroxyl groups is 1. The van der Waals surface area contributed by atoms with E-state index in [-0.39, 0.29) is 16.5 Å². The molecule has 0 atom stereocenters. The maximum atomic E-state index is 11.3. The van der Waals surface area contributed by atoms with Crippen molar-refractivity contribution in [2.45, 2.75) is 13.8 Å². The third kappa shape index (κ3) is 2.51. The van der Waals surface area contributed by atoms with Gasteiger partial charge in [-0.1, -0.05) is 11.6 Å². The van der Waals surface area contributed by atoms with Crippen LogP contribution in [0.2, 0.25) is 5.02 Å². The molecule has 98 valence electrons. The molecule has 1 amide bonds. The van der Waals surface area contributed by atoms with E-state index in [1.54, 1.807) is 26.0 Å². The number of nitrogens with two attached hydrogens (primary N) is 1. The van der Waals surface area contributed by atoms with Crippen molar-refractivity contribution in [3.63, 3.8) is 0 Å². The number of rotatable bonds is 2. The van der Waals surface area contributed by atoms with Crippen LogP contribution in [0.5, 0.6) is 5.75 Å². The topological polar surface area (TPSA) is 89.1 Å². The summed E-state index contributed by atoms with van der Waals surface area (Å²) < 4.78 is 0. The highest BCUT2D eigenvalue weighted by Crippen LogP contribution is 2.29. The summed E-state index contributed by atoms with van der Waals surface area (Å²) in [6, 6.07) is 4.68. The third-order valence-electron chi connectivity index (χ3n) is 2.70. The van der Waals surface area contributed by atoms with Crippen molar-refractivity contribution < 1.29 is 9.90 Å². The molecule has 2 rings (SSSR count). The first-order valence-corrected chi connectivity index (χ1v) is 5.92. The lowest BCUT2D eigenvalue weighted by molar-refractivity contribution is 0.0994. The van der Waals surface area contributed by atoms with E-state index in [1.807, 2.05) is 0 Å². The number of benzene rings is 1. The molecule has 0 radical (unpaired) electrons. The number of aryl methyl sites for hydroxylation is 2. The van der Waals surface area contributed by atoms with Crippen LogP contribution in [0, 0.1) is 13.8 Å². The van der Waals surface area contributed by atoms with Crippen molar-refractivity contribution in [1.29, 1.82) is 0 Å². The molecule has 0 unspecified atom stereocenters. The Balaban J connectivity index is 2.64. The van der Waals surface area contributed by atoms with E-state index in [4.69, 9.17) is 17.3 Å². The molecule has 19 heavy (non-hydrogen) atoms. The number of amides is 1. The van der Waals surface area contributed by atoms with Crippen molar-refractivity contribution in [2.75, 3.05) is 0 Å². The van der Waals surface area contributed by atoms with E-state index in [0.717, 1.165) is 0 Å². The first kappa shape index (κ1) is 13.3. The molecule has 0 bridgehead atoms. The molecule has 0 saturated carbocycles. The van der Waals surface area contributed by atoms with Gasteiger partial charge in [0, 0.05) is 5.56 Å². The lowest BCUT2D eigenvalue weighted by atomic mass is 10.1. The summed E-state index contributed by atoms with van der Waals surface area (Å²) in [4.78, 5) is 19.8. The average molecular weight is 278 g/mol. The number of carbonyl (C=O) groups is 1. The predicted octanol–water partition coefficient (Wildman–Crippen LogP) is 2.22. The van der Waals surface area contributed by atoms with Crippen molar-refractivity contribution in [3.8, 4) is 17.0 Å². The summed E-state index contributed by atoms with van der Waals surface area (Å²) in [6.07, 6.45) is 0. The van der Waals surface area contributed by atoms with E-state index < -0.39 is 5.91 Å². The third-order valence-corrected chi connectivity index (χ3v) is 3.00. The normalized spacial score (nSPS) is 10.5. The zero-order valence-electron chi connectivity index (χ0n) is 10.4. The number of hydrogen-bond donors (Lipinski definition) is 2. The van der Waals surface area contributed by atoms with Crippen molar-refractivity contribution >= 4 is 17.5 Å². The second kappa shape index (κ2) is 4.85. The van der Waals surface area contributed by atoms with Crippen LogP contribution in [-0.4, -0.2) is 21.0 Å². The van der Waals surface area contributed by atoms with Crippen LogP contribution in [0.4, 0.5) is 0 Å². The Bertz CT molecular complexity index is 671. The van der Waals surface area contributed by atoms with Gasteiger partial charge in [-0.15, -0.1) is 0 Å². The van der Waals surface area contributed by atoms with Crippen LogP contribution < -0.4 is 5.73 Å². The van der Waals surface area contributed by atoms with Gasteiger partial charge in [-0.05, 0) is 32.0 Å². The Hall–Kier alpha value is -2.14. The second-order valence-electron chi connectivity index (χ2n) is 4.12. The highest BCUT2D eigenvalue weighted by atomic mass is 35.5. The number of phenolic OH excluding ortho intramolecular Hbond substituents is 1. The first-order valence-electron chi connectivity index (χ1n) is 5.54. The average Bonchev–Trinajstić information content (AvgIpc) is 2.32. The number of aromatic nitrogens is 2. The zero-order chi connectivity index (χ0) is 14.2. The molecule has 5 nitrogen and oxygen atoms in total. The maximum Gasteiger partial charge on any atom is 0.269 e. The minimum absolute atomic E-state index is 0.0155. The summed E-state index contributed by atoms with van der Waals surface area (Å²) in [5.74, 6) is -0.644. The van der Waals surface area contributed by atoms with E-state index in [0.29, 0.717) is 22.6 Å². The Labute approximate surface area is 115 Å². The van der Waals surface area contributed by atoms with Gasteiger partial charge in [-0.3, -0.25) is 9.78 Å². The van der Waals surface area contributed by atoms with E-state index in [2.05, 4.69) is 9.97 Å². The summed E-state index contributed by atoms with van der Waals surface area (Å²) in [5, 5.41) is 9.61. The highest BCUT2D eigenvalue weighted by molar-refractivity contribution is 6.32. The molecule has 0 aliphatic heterocycles. The highest BCUT2D eigenvalue weighted by Gasteiger charge is 2.14. The Morgan fingerprint density at radius 1 is 1.26 bits per heavy atom. The van der Waals surface area contributed by atoms with Gasteiger partial charge in [0.05, 0.1) is 22.1 Å². The summed E-state index contributed by atoms with van der Waals surface area (Å²) in [7, 11) is 0. The summed E-state index contributed by atoms with van der Waals surface area (Å²) in [5.41, 5.74) is 7.71. The number of phenols is 1. The molecule has 6 heteroatoms.